The lowest BCUT2D eigenvalue weighted by atomic mass is 10.00. The van der Waals surface area contributed by atoms with Gasteiger partial charge in [-0.1, -0.05) is 11.6 Å². The molecule has 0 aliphatic carbocycles. The van der Waals surface area contributed by atoms with E-state index in [-0.39, 0.29) is 9.59 Å². The number of alkyl halides is 3. The van der Waals surface area contributed by atoms with Gasteiger partial charge < -0.3 is 0 Å². The summed E-state index contributed by atoms with van der Waals surface area (Å²) in [6.07, 6.45) is -3.98. The van der Waals surface area contributed by atoms with Crippen molar-refractivity contribution >= 4 is 29.5 Å². The fourth-order valence-corrected chi connectivity index (χ4v) is 2.88. The number of nitrogens with zero attached hydrogens (tertiary/aromatic N) is 5. The number of rotatable bonds is 2. The first-order valence-electron chi connectivity index (χ1n) is 7.87. The van der Waals surface area contributed by atoms with Crippen molar-refractivity contribution in [3.63, 3.8) is 0 Å². The highest BCUT2D eigenvalue weighted by molar-refractivity contribution is 6.42. The van der Waals surface area contributed by atoms with Gasteiger partial charge in [0.15, 0.2) is 0 Å². The van der Waals surface area contributed by atoms with Crippen molar-refractivity contribution in [2.75, 3.05) is 7.05 Å². The van der Waals surface area contributed by atoms with Gasteiger partial charge in [0.1, 0.15) is 11.6 Å². The lowest BCUT2D eigenvalue weighted by molar-refractivity contribution is -0.144. The Morgan fingerprint density at radius 3 is 2.38 bits per heavy atom. The van der Waals surface area contributed by atoms with E-state index < -0.39 is 52.0 Å². The number of Topliss-reactive ketones (excluding diaryl/α,β-unsaturated/α-hetero) is 1. The molecule has 0 saturated heterocycles. The minimum Gasteiger partial charge on any atom is -0.287 e. The van der Waals surface area contributed by atoms with E-state index in [4.69, 9.17) is 11.6 Å². The first-order valence-corrected chi connectivity index (χ1v) is 8.24. The van der Waals surface area contributed by atoms with Crippen LogP contribution in [-0.2, 0) is 22.8 Å². The Bertz CT molecular complexity index is 1180. The maximum atomic E-state index is 13.5. The molecule has 29 heavy (non-hydrogen) atoms. The van der Waals surface area contributed by atoms with Crippen molar-refractivity contribution in [2.24, 2.45) is 12.1 Å². The second-order valence-electron chi connectivity index (χ2n) is 6.03. The Kier molecular flexibility index (Phi) is 4.91. The quantitative estimate of drug-likeness (QED) is 0.654. The van der Waals surface area contributed by atoms with E-state index in [1.165, 1.54) is 7.05 Å². The number of aryl methyl sites for hydroxylation is 1. The molecular formula is C16H11ClF3N5O4. The molecule has 0 N–H and O–H groups in total. The first kappa shape index (κ1) is 20.5. The number of amides is 1. The largest absolute Gasteiger partial charge is 0.418 e. The number of ketones is 1. The smallest absolute Gasteiger partial charge is 0.287 e. The topological polar surface area (TPSA) is 107 Å². The highest BCUT2D eigenvalue weighted by Gasteiger charge is 2.38. The van der Waals surface area contributed by atoms with E-state index in [2.05, 4.69) is 10.2 Å². The molecule has 0 bridgehead atoms. The van der Waals surface area contributed by atoms with Crippen molar-refractivity contribution in [1.82, 2.24) is 19.4 Å². The maximum Gasteiger partial charge on any atom is 0.418 e. The van der Waals surface area contributed by atoms with Crippen LogP contribution in [0.2, 0.25) is 5.02 Å². The van der Waals surface area contributed by atoms with Gasteiger partial charge >= 0.3 is 17.8 Å². The highest BCUT2D eigenvalue weighted by Crippen LogP contribution is 2.34. The van der Waals surface area contributed by atoms with Crippen LogP contribution in [0.25, 0.3) is 5.69 Å². The zero-order valence-corrected chi connectivity index (χ0v) is 15.5. The second kappa shape index (κ2) is 6.95. The molecule has 1 aliphatic heterocycles. The molecule has 0 saturated carbocycles. The molecule has 3 rings (SSSR count). The van der Waals surface area contributed by atoms with Crippen molar-refractivity contribution in [3.05, 3.63) is 55.3 Å². The van der Waals surface area contributed by atoms with Crippen LogP contribution in [0.4, 0.5) is 13.2 Å². The Balaban J connectivity index is 2.34. The zero-order chi connectivity index (χ0) is 21.7. The maximum absolute atomic E-state index is 13.5. The Morgan fingerprint density at radius 1 is 1.10 bits per heavy atom. The third kappa shape index (κ3) is 3.46. The molecule has 9 nitrogen and oxygen atoms in total. The van der Waals surface area contributed by atoms with E-state index in [0.717, 1.165) is 30.4 Å². The van der Waals surface area contributed by atoms with Crippen LogP contribution >= 0.6 is 11.6 Å². The van der Waals surface area contributed by atoms with Gasteiger partial charge in [0.05, 0.1) is 11.3 Å². The van der Waals surface area contributed by atoms with Crippen molar-refractivity contribution in [1.29, 1.82) is 0 Å². The van der Waals surface area contributed by atoms with Crippen LogP contribution in [0.1, 0.15) is 17.2 Å². The van der Waals surface area contributed by atoms with Gasteiger partial charge in [0.2, 0.25) is 5.78 Å². The number of hydrogen-bond acceptors (Lipinski definition) is 6. The summed E-state index contributed by atoms with van der Waals surface area (Å²) in [6, 6.07) is 2.49. The Morgan fingerprint density at radius 2 is 1.76 bits per heavy atom. The number of hydrogen-bond donors (Lipinski definition) is 0. The van der Waals surface area contributed by atoms with Crippen molar-refractivity contribution in [2.45, 2.75) is 12.1 Å². The summed E-state index contributed by atoms with van der Waals surface area (Å²) in [5.41, 5.74) is -5.22. The molecule has 152 valence electrons. The standard InChI is InChI=1S/C16H11ClF3N5O4/c1-23-14(28)12(26)8(6-21-23)11-13(27)25(15(29)24(2)22-11)10-4-3-7(17)5-9(10)16(18,19)20/h3-6,8H,1-2H3. The SMILES string of the molecule is CN1N=CC(c2nn(C)c(=O)n(-c3ccc(Cl)cc3C(F)(F)F)c2=O)C(=O)C1=O. The zero-order valence-electron chi connectivity index (χ0n) is 14.8. The number of hydrazone groups is 1. The van der Waals surface area contributed by atoms with Gasteiger partial charge in [0.25, 0.3) is 5.56 Å². The number of aromatic nitrogens is 3. The summed E-state index contributed by atoms with van der Waals surface area (Å²) in [5, 5.41) is 7.81. The molecule has 1 unspecified atom stereocenters. The lowest BCUT2D eigenvalue weighted by Crippen LogP contribution is -2.46. The number of benzene rings is 1. The summed E-state index contributed by atoms with van der Waals surface area (Å²) in [7, 11) is 2.30. The molecular weight excluding hydrogens is 419 g/mol. The highest BCUT2D eigenvalue weighted by atomic mass is 35.5. The molecule has 0 radical (unpaired) electrons. The summed E-state index contributed by atoms with van der Waals surface area (Å²) >= 11 is 5.64. The number of likely N-dealkylation sites (N-methyl/N-ethyl adjacent to an activating group) is 1. The van der Waals surface area contributed by atoms with Crippen LogP contribution in [0, 0.1) is 0 Å². The minimum absolute atomic E-state index is 0.228. The van der Waals surface area contributed by atoms with Crippen molar-refractivity contribution in [3.8, 4) is 5.69 Å². The van der Waals surface area contributed by atoms with Crippen LogP contribution in [0.15, 0.2) is 32.9 Å². The summed E-state index contributed by atoms with van der Waals surface area (Å²) in [5.74, 6) is -3.66. The van der Waals surface area contributed by atoms with Gasteiger partial charge in [-0.2, -0.15) is 23.4 Å². The lowest BCUT2D eigenvalue weighted by Gasteiger charge is -2.20. The fourth-order valence-electron chi connectivity index (χ4n) is 2.71. The van der Waals surface area contributed by atoms with E-state index >= 15 is 0 Å². The first-order chi connectivity index (χ1) is 13.4. The average Bonchev–Trinajstić information content (AvgIpc) is 2.64. The molecule has 0 fully saturated rings. The van der Waals surface area contributed by atoms with E-state index in [1.807, 2.05) is 0 Å². The number of carbonyl (C=O) groups is 2. The van der Waals surface area contributed by atoms with Crippen molar-refractivity contribution < 1.29 is 22.8 Å². The van der Waals surface area contributed by atoms with E-state index in [0.29, 0.717) is 10.7 Å². The van der Waals surface area contributed by atoms with Crippen LogP contribution in [-0.4, -0.2) is 44.3 Å². The molecule has 0 spiro atoms. The molecule has 2 heterocycles. The summed E-state index contributed by atoms with van der Waals surface area (Å²) < 4.78 is 41.2. The van der Waals surface area contributed by atoms with Gasteiger partial charge in [0, 0.05) is 25.3 Å². The molecule has 13 heteroatoms. The second-order valence-corrected chi connectivity index (χ2v) is 6.46. The van der Waals surface area contributed by atoms with Gasteiger partial charge in [-0.3, -0.25) is 14.4 Å². The molecule has 1 atom stereocenters. The molecule has 1 aromatic carbocycles. The monoisotopic (exact) mass is 429 g/mol. The average molecular weight is 430 g/mol. The predicted molar refractivity (Wildman–Crippen MR) is 94.1 cm³/mol. The molecule has 1 amide bonds. The Hall–Kier alpha value is -3.28. The number of halogens is 4. The van der Waals surface area contributed by atoms with Gasteiger partial charge in [-0.15, -0.1) is 0 Å². The van der Waals surface area contributed by atoms with E-state index in [1.54, 1.807) is 0 Å². The van der Waals surface area contributed by atoms with E-state index in [9.17, 15) is 32.3 Å². The van der Waals surface area contributed by atoms with Crippen LogP contribution in [0.3, 0.4) is 0 Å². The van der Waals surface area contributed by atoms with Gasteiger partial charge in [-0.25, -0.2) is 19.1 Å². The molecule has 1 aliphatic rings. The minimum atomic E-state index is -4.94. The van der Waals surface area contributed by atoms with Crippen LogP contribution in [0.5, 0.6) is 0 Å². The fraction of sp³-hybridized carbons (Fsp3) is 0.250. The molecule has 2 aromatic rings. The molecule has 1 aromatic heterocycles. The van der Waals surface area contributed by atoms with Gasteiger partial charge in [-0.05, 0) is 18.2 Å². The van der Waals surface area contributed by atoms with Crippen LogP contribution < -0.4 is 11.2 Å². The number of carbonyl (C=O) groups excluding carboxylic acids is 2. The normalized spacial score (nSPS) is 17.2. The third-order valence-corrected chi connectivity index (χ3v) is 4.36. The summed E-state index contributed by atoms with van der Waals surface area (Å²) in [4.78, 5) is 49.4. The predicted octanol–water partition coefficient (Wildman–Crippen LogP) is 0.714. The summed E-state index contributed by atoms with van der Waals surface area (Å²) in [6.45, 7) is 0. The Labute approximate surface area is 164 Å². The third-order valence-electron chi connectivity index (χ3n) is 4.12.